The first kappa shape index (κ1) is 18.4. The van der Waals surface area contributed by atoms with Crippen molar-refractivity contribution in [3.05, 3.63) is 36.4 Å². The summed E-state index contributed by atoms with van der Waals surface area (Å²) in [6, 6.07) is 3.64. The van der Waals surface area contributed by atoms with Crippen molar-refractivity contribution in [2.75, 3.05) is 0 Å². The van der Waals surface area contributed by atoms with Crippen LogP contribution in [0.15, 0.2) is 35.9 Å². The van der Waals surface area contributed by atoms with E-state index in [-0.39, 0.29) is 23.7 Å². The molecular weight excluding hydrogens is 328 g/mol. The zero-order valence-electron chi connectivity index (χ0n) is 14.4. The number of aromatic nitrogens is 3. The van der Waals surface area contributed by atoms with Crippen molar-refractivity contribution in [1.82, 2.24) is 19.3 Å². The summed E-state index contributed by atoms with van der Waals surface area (Å²) in [5.41, 5.74) is 0.773. The first-order valence-corrected chi connectivity index (χ1v) is 9.45. The quantitative estimate of drug-likeness (QED) is 0.789. The zero-order chi connectivity index (χ0) is 17.7. The van der Waals surface area contributed by atoms with Gasteiger partial charge in [0.1, 0.15) is 0 Å². The molecular formula is C16H24N4O3S. The molecule has 0 aliphatic rings. The van der Waals surface area contributed by atoms with Crippen LogP contribution >= 0.6 is 0 Å². The SMILES string of the molecule is CC[C@@H](C)Oc1cc(CNS(=O)(=O)c2cn(C(C)C)cn2)ccn1. The number of hydrogen-bond acceptors (Lipinski definition) is 5. The van der Waals surface area contributed by atoms with E-state index in [0.29, 0.717) is 5.88 Å². The molecule has 2 aromatic rings. The number of hydrogen-bond donors (Lipinski definition) is 1. The molecule has 0 amide bonds. The van der Waals surface area contributed by atoms with Crippen LogP contribution in [-0.4, -0.2) is 29.1 Å². The van der Waals surface area contributed by atoms with Gasteiger partial charge in [0.15, 0.2) is 5.03 Å². The Morgan fingerprint density at radius 3 is 2.67 bits per heavy atom. The fourth-order valence-electron chi connectivity index (χ4n) is 1.91. The molecule has 0 radical (unpaired) electrons. The average Bonchev–Trinajstić information content (AvgIpc) is 3.04. The van der Waals surface area contributed by atoms with Crippen LogP contribution in [0.4, 0.5) is 0 Å². The van der Waals surface area contributed by atoms with Crippen LogP contribution in [0.3, 0.4) is 0 Å². The van der Waals surface area contributed by atoms with Crippen LogP contribution in [0, 0.1) is 0 Å². The van der Waals surface area contributed by atoms with E-state index in [2.05, 4.69) is 14.7 Å². The molecule has 7 nitrogen and oxygen atoms in total. The standard InChI is InChI=1S/C16H24N4O3S/c1-5-13(4)23-15-8-14(6-7-17-15)9-19-24(21,22)16-10-20(11-18-16)12(2)3/h6-8,10-13,19H,5,9H2,1-4H3/t13-/m1/s1. The summed E-state index contributed by atoms with van der Waals surface area (Å²) in [5, 5.41) is 0.0151. The highest BCUT2D eigenvalue weighted by atomic mass is 32.2. The van der Waals surface area contributed by atoms with Crippen molar-refractivity contribution >= 4 is 10.0 Å². The third-order valence-corrected chi connectivity index (χ3v) is 4.90. The topological polar surface area (TPSA) is 86.1 Å². The molecule has 2 aromatic heterocycles. The Morgan fingerprint density at radius 1 is 1.29 bits per heavy atom. The van der Waals surface area contributed by atoms with E-state index in [1.165, 1.54) is 12.5 Å². The van der Waals surface area contributed by atoms with Gasteiger partial charge in [-0.15, -0.1) is 0 Å². The molecule has 132 valence electrons. The van der Waals surface area contributed by atoms with Crippen LogP contribution in [-0.2, 0) is 16.6 Å². The molecule has 1 atom stereocenters. The monoisotopic (exact) mass is 352 g/mol. The first-order chi connectivity index (χ1) is 11.3. The van der Waals surface area contributed by atoms with Gasteiger partial charge in [0.05, 0.1) is 12.4 Å². The van der Waals surface area contributed by atoms with Crippen molar-refractivity contribution in [3.63, 3.8) is 0 Å². The highest BCUT2D eigenvalue weighted by Gasteiger charge is 2.18. The Kier molecular flexibility index (Phi) is 5.95. The van der Waals surface area contributed by atoms with Gasteiger partial charge in [0, 0.05) is 31.0 Å². The minimum atomic E-state index is -3.65. The second kappa shape index (κ2) is 7.76. The van der Waals surface area contributed by atoms with E-state index in [0.717, 1.165) is 12.0 Å². The van der Waals surface area contributed by atoms with E-state index < -0.39 is 10.0 Å². The molecule has 2 heterocycles. The minimum absolute atomic E-state index is 0.0151. The third-order valence-electron chi connectivity index (χ3n) is 3.61. The molecule has 0 spiro atoms. The first-order valence-electron chi connectivity index (χ1n) is 7.96. The Hall–Kier alpha value is -1.93. The van der Waals surface area contributed by atoms with Gasteiger partial charge in [0.25, 0.3) is 10.0 Å². The molecule has 8 heteroatoms. The summed E-state index contributed by atoms with van der Waals surface area (Å²) in [6.07, 6.45) is 5.58. The molecule has 0 bridgehead atoms. The molecule has 0 unspecified atom stereocenters. The van der Waals surface area contributed by atoms with Crippen molar-refractivity contribution in [2.45, 2.75) is 57.8 Å². The van der Waals surface area contributed by atoms with Gasteiger partial charge in [-0.3, -0.25) is 0 Å². The Morgan fingerprint density at radius 2 is 2.04 bits per heavy atom. The number of nitrogens with one attached hydrogen (secondary N) is 1. The zero-order valence-corrected chi connectivity index (χ0v) is 15.2. The number of ether oxygens (including phenoxy) is 1. The summed E-state index contributed by atoms with van der Waals surface area (Å²) >= 11 is 0. The molecule has 0 saturated heterocycles. The molecule has 0 aliphatic carbocycles. The second-order valence-electron chi connectivity index (χ2n) is 5.92. The number of pyridine rings is 1. The fraction of sp³-hybridized carbons (Fsp3) is 0.500. The summed E-state index contributed by atoms with van der Waals surface area (Å²) in [4.78, 5) is 8.10. The maximum absolute atomic E-state index is 12.3. The highest BCUT2D eigenvalue weighted by molar-refractivity contribution is 7.89. The Balaban J connectivity index is 2.05. The highest BCUT2D eigenvalue weighted by Crippen LogP contribution is 2.14. The normalized spacial score (nSPS) is 13.2. The van der Waals surface area contributed by atoms with Gasteiger partial charge in [0.2, 0.25) is 5.88 Å². The largest absolute Gasteiger partial charge is 0.475 e. The van der Waals surface area contributed by atoms with E-state index >= 15 is 0 Å². The lowest BCUT2D eigenvalue weighted by Gasteiger charge is -2.12. The van der Waals surface area contributed by atoms with Gasteiger partial charge in [-0.25, -0.2) is 23.1 Å². The molecule has 0 saturated carbocycles. The lowest BCUT2D eigenvalue weighted by molar-refractivity contribution is 0.208. The summed E-state index contributed by atoms with van der Waals surface area (Å²) in [6.45, 7) is 8.06. The number of rotatable bonds is 8. The predicted molar refractivity (Wildman–Crippen MR) is 91.3 cm³/mol. The summed E-state index contributed by atoms with van der Waals surface area (Å²) in [5.74, 6) is 0.491. The lowest BCUT2D eigenvalue weighted by atomic mass is 10.2. The maximum Gasteiger partial charge on any atom is 0.259 e. The molecule has 1 N–H and O–H groups in total. The van der Waals surface area contributed by atoms with Gasteiger partial charge in [-0.1, -0.05) is 6.92 Å². The number of nitrogens with zero attached hydrogens (tertiary/aromatic N) is 3. The second-order valence-corrected chi connectivity index (χ2v) is 7.63. The Bertz CT molecular complexity index is 771. The summed E-state index contributed by atoms with van der Waals surface area (Å²) < 4.78 is 34.6. The molecule has 24 heavy (non-hydrogen) atoms. The summed E-state index contributed by atoms with van der Waals surface area (Å²) in [7, 11) is -3.65. The van der Waals surface area contributed by atoms with Crippen LogP contribution in [0.1, 0.15) is 45.7 Å². The maximum atomic E-state index is 12.3. The van der Waals surface area contributed by atoms with Crippen LogP contribution < -0.4 is 9.46 Å². The van der Waals surface area contributed by atoms with Crippen LogP contribution in [0.25, 0.3) is 0 Å². The lowest BCUT2D eigenvalue weighted by Crippen LogP contribution is -2.23. The van der Waals surface area contributed by atoms with Crippen LogP contribution in [0.5, 0.6) is 5.88 Å². The van der Waals surface area contributed by atoms with Crippen molar-refractivity contribution in [3.8, 4) is 5.88 Å². The van der Waals surface area contributed by atoms with Gasteiger partial charge in [-0.2, -0.15) is 0 Å². The van der Waals surface area contributed by atoms with Gasteiger partial charge >= 0.3 is 0 Å². The van der Waals surface area contributed by atoms with E-state index in [4.69, 9.17) is 4.74 Å². The van der Waals surface area contributed by atoms with Crippen LogP contribution in [0.2, 0.25) is 0 Å². The van der Waals surface area contributed by atoms with Gasteiger partial charge in [-0.05, 0) is 38.8 Å². The number of imidazole rings is 1. The molecule has 0 aliphatic heterocycles. The van der Waals surface area contributed by atoms with Crippen molar-refractivity contribution < 1.29 is 13.2 Å². The van der Waals surface area contributed by atoms with E-state index in [9.17, 15) is 8.42 Å². The average molecular weight is 352 g/mol. The molecule has 2 rings (SSSR count). The van der Waals surface area contributed by atoms with Gasteiger partial charge < -0.3 is 9.30 Å². The smallest absolute Gasteiger partial charge is 0.259 e. The molecule has 0 aromatic carbocycles. The fourth-order valence-corrected chi connectivity index (χ4v) is 2.86. The molecule has 0 fully saturated rings. The van der Waals surface area contributed by atoms with E-state index in [1.807, 2.05) is 27.7 Å². The minimum Gasteiger partial charge on any atom is -0.475 e. The number of sulfonamides is 1. The predicted octanol–water partition coefficient (Wildman–Crippen LogP) is 2.51. The van der Waals surface area contributed by atoms with Crippen molar-refractivity contribution in [2.24, 2.45) is 0 Å². The Labute approximate surface area is 143 Å². The van der Waals surface area contributed by atoms with E-state index in [1.54, 1.807) is 22.9 Å². The third kappa shape index (κ3) is 4.78. The van der Waals surface area contributed by atoms with Crippen molar-refractivity contribution in [1.29, 1.82) is 0 Å².